The number of carbonyl (C=O) groups excluding carboxylic acids is 1. The number of carbonyl (C=O) groups is 1. The third kappa shape index (κ3) is 3.61. The topological polar surface area (TPSA) is 101 Å². The van der Waals surface area contributed by atoms with E-state index in [4.69, 9.17) is 5.73 Å². The van der Waals surface area contributed by atoms with Crippen molar-refractivity contribution in [1.82, 2.24) is 19.8 Å². The minimum absolute atomic E-state index is 0.0370. The Bertz CT molecular complexity index is 1140. The molecule has 11 heteroatoms. The summed E-state index contributed by atoms with van der Waals surface area (Å²) >= 11 is 0. The van der Waals surface area contributed by atoms with Crippen molar-refractivity contribution in [3.05, 3.63) is 71.7 Å². The molecule has 1 atom stereocenters. The van der Waals surface area contributed by atoms with Gasteiger partial charge in [-0.05, 0) is 36.4 Å². The molecule has 1 aliphatic rings. The quantitative estimate of drug-likeness (QED) is 0.700. The highest BCUT2D eigenvalue weighted by molar-refractivity contribution is 5.94. The zero-order chi connectivity index (χ0) is 20.6. The van der Waals surface area contributed by atoms with Crippen LogP contribution < -0.4 is 11.2 Å². The van der Waals surface area contributed by atoms with Gasteiger partial charge in [0.2, 0.25) is 5.91 Å². The summed E-state index contributed by atoms with van der Waals surface area (Å²) in [6, 6.07) is 6.01. The van der Waals surface area contributed by atoms with Gasteiger partial charge in [-0.1, -0.05) is 0 Å². The minimum Gasteiger partial charge on any atom is -0.366 e. The van der Waals surface area contributed by atoms with E-state index in [1.54, 1.807) is 30.7 Å². The summed E-state index contributed by atoms with van der Waals surface area (Å²) in [4.78, 5) is 15.5. The SMILES string of the molecule is NC(=O)c1cc(NN2C=NC=CC2c2cnn3ncccc23)cc(C(F)(F)F)c1. The highest BCUT2D eigenvalue weighted by Gasteiger charge is 2.32. The Balaban J connectivity index is 1.71. The fourth-order valence-corrected chi connectivity index (χ4v) is 2.98. The number of fused-ring (bicyclic) bond motifs is 1. The van der Waals surface area contributed by atoms with E-state index in [0.29, 0.717) is 6.07 Å². The van der Waals surface area contributed by atoms with Crippen molar-refractivity contribution in [2.24, 2.45) is 10.7 Å². The van der Waals surface area contributed by atoms with Gasteiger partial charge in [-0.15, -0.1) is 0 Å². The van der Waals surface area contributed by atoms with Crippen LogP contribution in [0, 0.1) is 0 Å². The molecule has 1 aromatic carbocycles. The lowest BCUT2D eigenvalue weighted by atomic mass is 10.1. The van der Waals surface area contributed by atoms with E-state index in [0.717, 1.165) is 17.1 Å². The molecule has 1 amide bonds. The average Bonchev–Trinajstić information content (AvgIpc) is 3.11. The average molecular weight is 401 g/mol. The zero-order valence-electron chi connectivity index (χ0n) is 14.7. The Morgan fingerprint density at radius 2 is 2.03 bits per heavy atom. The van der Waals surface area contributed by atoms with Crippen LogP contribution in [0.2, 0.25) is 0 Å². The van der Waals surface area contributed by atoms with E-state index in [1.807, 2.05) is 6.07 Å². The van der Waals surface area contributed by atoms with Crippen LogP contribution in [-0.2, 0) is 6.18 Å². The molecular weight excluding hydrogens is 387 g/mol. The number of nitrogens with two attached hydrogens (primary N) is 1. The van der Waals surface area contributed by atoms with Crippen molar-refractivity contribution >= 4 is 23.4 Å². The summed E-state index contributed by atoms with van der Waals surface area (Å²) in [6.07, 6.45) is 3.32. The molecule has 1 aliphatic heterocycles. The summed E-state index contributed by atoms with van der Waals surface area (Å²) < 4.78 is 41.1. The fraction of sp³-hybridized carbons (Fsp3) is 0.111. The fourth-order valence-electron chi connectivity index (χ4n) is 2.98. The molecule has 0 saturated carbocycles. The molecule has 4 rings (SSSR count). The van der Waals surface area contributed by atoms with Crippen LogP contribution in [0.3, 0.4) is 0 Å². The van der Waals surface area contributed by atoms with Crippen molar-refractivity contribution in [1.29, 1.82) is 0 Å². The van der Waals surface area contributed by atoms with Gasteiger partial charge < -0.3 is 5.73 Å². The molecule has 0 bridgehead atoms. The number of amides is 1. The summed E-state index contributed by atoms with van der Waals surface area (Å²) in [6.45, 7) is 0. The molecule has 148 valence electrons. The second-order valence-corrected chi connectivity index (χ2v) is 6.23. The number of benzene rings is 1. The first-order valence-electron chi connectivity index (χ1n) is 8.39. The highest BCUT2D eigenvalue weighted by Crippen LogP contribution is 2.33. The second-order valence-electron chi connectivity index (χ2n) is 6.23. The van der Waals surface area contributed by atoms with Crippen molar-refractivity contribution < 1.29 is 18.0 Å². The van der Waals surface area contributed by atoms with Gasteiger partial charge in [0.15, 0.2) is 0 Å². The third-order valence-corrected chi connectivity index (χ3v) is 4.30. The number of nitrogens with one attached hydrogen (secondary N) is 1. The van der Waals surface area contributed by atoms with Crippen LogP contribution in [-0.4, -0.2) is 32.1 Å². The van der Waals surface area contributed by atoms with Crippen LogP contribution >= 0.6 is 0 Å². The standard InChI is InChI=1S/C18H14F3N7O/c19-18(20,21)12-6-11(17(22)29)7-13(8-12)26-27-10-23-5-3-15(27)14-9-25-28-16(14)2-1-4-24-28/h1-10,15,26H,(H2,22,29). The van der Waals surface area contributed by atoms with Crippen LogP contribution in [0.25, 0.3) is 5.52 Å². The number of aromatic nitrogens is 3. The first-order valence-corrected chi connectivity index (χ1v) is 8.39. The number of hydrogen-bond donors (Lipinski definition) is 2. The summed E-state index contributed by atoms with van der Waals surface area (Å²) in [5.41, 5.74) is 8.33. The van der Waals surface area contributed by atoms with E-state index >= 15 is 0 Å². The number of halogens is 3. The minimum atomic E-state index is -4.63. The Hall–Kier alpha value is -3.89. The van der Waals surface area contributed by atoms with Crippen LogP contribution in [0.15, 0.2) is 60.0 Å². The molecule has 1 unspecified atom stereocenters. The number of primary amides is 1. The van der Waals surface area contributed by atoms with Gasteiger partial charge in [-0.25, -0.2) is 4.99 Å². The van der Waals surface area contributed by atoms with Gasteiger partial charge in [0.1, 0.15) is 6.34 Å². The maximum atomic E-state index is 13.2. The van der Waals surface area contributed by atoms with Crippen molar-refractivity contribution in [3.8, 4) is 0 Å². The number of alkyl halides is 3. The van der Waals surface area contributed by atoms with Crippen molar-refractivity contribution in [3.63, 3.8) is 0 Å². The van der Waals surface area contributed by atoms with Crippen molar-refractivity contribution in [2.45, 2.75) is 12.2 Å². The van der Waals surface area contributed by atoms with Gasteiger partial charge >= 0.3 is 6.18 Å². The Morgan fingerprint density at radius 1 is 1.21 bits per heavy atom. The van der Waals surface area contributed by atoms with Crippen LogP contribution in [0.5, 0.6) is 0 Å². The number of nitrogens with zero attached hydrogens (tertiary/aromatic N) is 5. The van der Waals surface area contributed by atoms with E-state index in [-0.39, 0.29) is 11.3 Å². The van der Waals surface area contributed by atoms with Crippen LogP contribution in [0.1, 0.15) is 27.5 Å². The summed E-state index contributed by atoms with van der Waals surface area (Å²) in [5, 5.41) is 9.79. The first kappa shape index (κ1) is 18.5. The van der Waals surface area contributed by atoms with Gasteiger partial charge in [-0.2, -0.15) is 28.0 Å². The molecule has 0 spiro atoms. The molecule has 0 saturated heterocycles. The number of hydrogen-bond acceptors (Lipinski definition) is 6. The number of anilines is 1. The Morgan fingerprint density at radius 3 is 2.79 bits per heavy atom. The van der Waals surface area contributed by atoms with E-state index in [9.17, 15) is 18.0 Å². The molecule has 0 aliphatic carbocycles. The van der Waals surface area contributed by atoms with Crippen LogP contribution in [0.4, 0.5) is 18.9 Å². The largest absolute Gasteiger partial charge is 0.416 e. The van der Waals surface area contributed by atoms with E-state index in [1.165, 1.54) is 22.0 Å². The smallest absolute Gasteiger partial charge is 0.366 e. The molecule has 3 aromatic rings. The summed E-state index contributed by atoms with van der Waals surface area (Å²) in [7, 11) is 0. The first-order chi connectivity index (χ1) is 13.8. The number of hydrazine groups is 1. The molecule has 29 heavy (non-hydrogen) atoms. The lowest BCUT2D eigenvalue weighted by molar-refractivity contribution is -0.137. The molecule has 3 heterocycles. The number of aliphatic imine (C=N–C) groups is 1. The highest BCUT2D eigenvalue weighted by atomic mass is 19.4. The van der Waals surface area contributed by atoms with E-state index < -0.39 is 23.7 Å². The maximum absolute atomic E-state index is 13.2. The maximum Gasteiger partial charge on any atom is 0.416 e. The molecule has 0 radical (unpaired) electrons. The van der Waals surface area contributed by atoms with Gasteiger partial charge in [0.25, 0.3) is 0 Å². The summed E-state index contributed by atoms with van der Waals surface area (Å²) in [5.74, 6) is -0.961. The molecular formula is C18H14F3N7O. The zero-order valence-corrected chi connectivity index (χ0v) is 14.7. The predicted octanol–water partition coefficient (Wildman–Crippen LogP) is 2.77. The predicted molar refractivity (Wildman–Crippen MR) is 98.8 cm³/mol. The Labute approximate surface area is 162 Å². The molecule has 2 aromatic heterocycles. The second kappa shape index (κ2) is 6.93. The van der Waals surface area contributed by atoms with Gasteiger partial charge in [0.05, 0.1) is 29.0 Å². The monoisotopic (exact) mass is 401 g/mol. The third-order valence-electron chi connectivity index (χ3n) is 4.30. The van der Waals surface area contributed by atoms with Gasteiger partial charge in [0, 0.05) is 23.5 Å². The molecule has 8 nitrogen and oxygen atoms in total. The molecule has 3 N–H and O–H groups in total. The lowest BCUT2D eigenvalue weighted by Gasteiger charge is -2.30. The van der Waals surface area contributed by atoms with Crippen molar-refractivity contribution in [2.75, 3.05) is 5.43 Å². The van der Waals surface area contributed by atoms with Gasteiger partial charge in [-0.3, -0.25) is 15.2 Å². The normalized spacial score (nSPS) is 16.4. The molecule has 0 fully saturated rings. The Kier molecular flexibility index (Phi) is 4.41. The lowest BCUT2D eigenvalue weighted by Crippen LogP contribution is -2.33. The number of rotatable bonds is 4. The van der Waals surface area contributed by atoms with E-state index in [2.05, 4.69) is 20.6 Å².